The van der Waals surface area contributed by atoms with E-state index in [1.54, 1.807) is 13.8 Å². The normalized spacial score (nSPS) is 23.9. The molecule has 118 valence electrons. The summed E-state index contributed by atoms with van der Waals surface area (Å²) >= 11 is 0. The third kappa shape index (κ3) is 4.97. The predicted octanol–water partition coefficient (Wildman–Crippen LogP) is 1.84. The number of carbonyl (C=O) groups is 1. The minimum absolute atomic E-state index is 0.0216. The van der Waals surface area contributed by atoms with Crippen LogP contribution in [-0.4, -0.2) is 37.2 Å². The third-order valence-electron chi connectivity index (χ3n) is 3.41. The number of hydrogen-bond donors (Lipinski definition) is 2. The molecule has 0 saturated heterocycles. The number of hydrogen-bond acceptors (Lipinski definition) is 3. The zero-order valence-electron chi connectivity index (χ0n) is 11.6. The van der Waals surface area contributed by atoms with Crippen molar-refractivity contribution in [1.82, 2.24) is 4.72 Å². The molecule has 2 atom stereocenters. The Hall–Kier alpha value is -0.760. The van der Waals surface area contributed by atoms with E-state index in [-0.39, 0.29) is 25.2 Å². The summed E-state index contributed by atoms with van der Waals surface area (Å²) in [7, 11) is -4.04. The number of sulfonamides is 1. The Bertz CT molecular complexity index is 450. The zero-order chi connectivity index (χ0) is 15.6. The van der Waals surface area contributed by atoms with Crippen LogP contribution in [0.2, 0.25) is 0 Å². The number of rotatable bonds is 7. The summed E-state index contributed by atoms with van der Waals surface area (Å²) in [6.07, 6.45) is 0.258. The van der Waals surface area contributed by atoms with Crippen molar-refractivity contribution >= 4 is 16.0 Å². The molecule has 1 aliphatic carbocycles. The highest BCUT2D eigenvalue weighted by molar-refractivity contribution is 7.89. The molecule has 20 heavy (non-hydrogen) atoms. The third-order valence-corrected chi connectivity index (χ3v) is 4.89. The molecular weight excluding hydrogens is 292 g/mol. The van der Waals surface area contributed by atoms with Gasteiger partial charge in [0.1, 0.15) is 6.04 Å². The molecule has 0 spiro atoms. The maximum absolute atomic E-state index is 13.4. The molecule has 0 bridgehead atoms. The van der Waals surface area contributed by atoms with Gasteiger partial charge in [0.05, 0.1) is 5.75 Å². The second kappa shape index (κ2) is 6.34. The van der Waals surface area contributed by atoms with Gasteiger partial charge in [0.15, 0.2) is 0 Å². The topological polar surface area (TPSA) is 83.5 Å². The largest absolute Gasteiger partial charge is 0.480 e. The average Bonchev–Trinajstić information content (AvgIpc) is 2.55. The van der Waals surface area contributed by atoms with E-state index in [4.69, 9.17) is 5.11 Å². The predicted molar refractivity (Wildman–Crippen MR) is 70.1 cm³/mol. The van der Waals surface area contributed by atoms with E-state index in [2.05, 4.69) is 0 Å². The number of alkyl halides is 2. The Labute approximate surface area is 117 Å². The van der Waals surface area contributed by atoms with Gasteiger partial charge in [-0.05, 0) is 25.2 Å². The van der Waals surface area contributed by atoms with Crippen LogP contribution in [0.15, 0.2) is 0 Å². The maximum atomic E-state index is 13.4. The number of nitrogens with one attached hydrogen (secondary N) is 1. The van der Waals surface area contributed by atoms with Crippen LogP contribution in [0, 0.1) is 11.8 Å². The highest BCUT2D eigenvalue weighted by atomic mass is 32.2. The molecule has 0 heterocycles. The zero-order valence-corrected chi connectivity index (χ0v) is 12.4. The summed E-state index contributed by atoms with van der Waals surface area (Å²) in [5, 5.41) is 8.97. The highest BCUT2D eigenvalue weighted by Gasteiger charge is 2.46. The SMILES string of the molecule is CC(C)C[C@@H](NS(=O)(=O)CC1CCCC1(F)F)C(=O)O. The monoisotopic (exact) mass is 313 g/mol. The minimum Gasteiger partial charge on any atom is -0.480 e. The van der Waals surface area contributed by atoms with Crippen LogP contribution in [0.4, 0.5) is 8.78 Å². The molecular formula is C12H21F2NO4S. The van der Waals surface area contributed by atoms with E-state index in [1.807, 2.05) is 4.72 Å². The minimum atomic E-state index is -4.04. The molecule has 0 aromatic rings. The summed E-state index contributed by atoms with van der Waals surface area (Å²) in [5.41, 5.74) is 0. The standard InChI is InChI=1S/C12H21F2NO4S/c1-8(2)6-10(11(16)17)15-20(18,19)7-9-4-3-5-12(9,13)14/h8-10,15H,3-7H2,1-2H3,(H,16,17)/t9?,10-/m1/s1. The van der Waals surface area contributed by atoms with Crippen LogP contribution >= 0.6 is 0 Å². The molecule has 0 aromatic heterocycles. The lowest BCUT2D eigenvalue weighted by molar-refractivity contribution is -0.139. The molecule has 5 nitrogen and oxygen atoms in total. The average molecular weight is 313 g/mol. The van der Waals surface area contributed by atoms with E-state index in [0.29, 0.717) is 6.42 Å². The van der Waals surface area contributed by atoms with Crippen molar-refractivity contribution in [2.24, 2.45) is 11.8 Å². The second-order valence-electron chi connectivity index (χ2n) is 5.77. The molecule has 0 radical (unpaired) electrons. The van der Waals surface area contributed by atoms with Gasteiger partial charge in [-0.15, -0.1) is 0 Å². The first-order valence-electron chi connectivity index (χ1n) is 6.64. The molecule has 8 heteroatoms. The molecule has 1 fully saturated rings. The first-order chi connectivity index (χ1) is 9.03. The lowest BCUT2D eigenvalue weighted by Gasteiger charge is -2.21. The molecule has 2 N–H and O–H groups in total. The van der Waals surface area contributed by atoms with Crippen LogP contribution in [0.3, 0.4) is 0 Å². The van der Waals surface area contributed by atoms with Crippen molar-refractivity contribution in [1.29, 1.82) is 0 Å². The maximum Gasteiger partial charge on any atom is 0.321 e. The van der Waals surface area contributed by atoms with Crippen LogP contribution in [0.1, 0.15) is 39.5 Å². The van der Waals surface area contributed by atoms with Crippen LogP contribution < -0.4 is 4.72 Å². The van der Waals surface area contributed by atoms with Gasteiger partial charge < -0.3 is 5.11 Å². The van der Waals surface area contributed by atoms with Crippen molar-refractivity contribution in [2.75, 3.05) is 5.75 Å². The van der Waals surface area contributed by atoms with Crippen LogP contribution in [0.5, 0.6) is 0 Å². The fraction of sp³-hybridized carbons (Fsp3) is 0.917. The van der Waals surface area contributed by atoms with Crippen molar-refractivity contribution in [3.63, 3.8) is 0 Å². The van der Waals surface area contributed by atoms with E-state index in [0.717, 1.165) is 0 Å². The molecule has 0 aromatic carbocycles. The van der Waals surface area contributed by atoms with Crippen molar-refractivity contribution in [3.05, 3.63) is 0 Å². The summed E-state index contributed by atoms with van der Waals surface area (Å²) in [6, 6.07) is -1.27. The van der Waals surface area contributed by atoms with Crippen molar-refractivity contribution < 1.29 is 27.1 Å². The molecule has 0 aliphatic heterocycles. The van der Waals surface area contributed by atoms with Crippen LogP contribution in [0.25, 0.3) is 0 Å². The summed E-state index contributed by atoms with van der Waals surface area (Å²) in [6.45, 7) is 3.52. The van der Waals surface area contributed by atoms with Gasteiger partial charge in [-0.25, -0.2) is 21.9 Å². The number of carboxylic acid groups (broad SMARTS) is 1. The first-order valence-corrected chi connectivity index (χ1v) is 8.29. The Morgan fingerprint density at radius 1 is 1.45 bits per heavy atom. The smallest absolute Gasteiger partial charge is 0.321 e. The molecule has 1 unspecified atom stereocenters. The summed E-state index contributed by atoms with van der Waals surface area (Å²) in [4.78, 5) is 11.0. The van der Waals surface area contributed by atoms with E-state index >= 15 is 0 Å². The Morgan fingerprint density at radius 2 is 2.05 bits per heavy atom. The number of carboxylic acids is 1. The van der Waals surface area contributed by atoms with Gasteiger partial charge in [0, 0.05) is 12.3 Å². The van der Waals surface area contributed by atoms with E-state index in [1.165, 1.54) is 0 Å². The quantitative estimate of drug-likeness (QED) is 0.751. The molecule has 1 saturated carbocycles. The number of aliphatic carboxylic acids is 1. The van der Waals surface area contributed by atoms with Gasteiger partial charge >= 0.3 is 5.97 Å². The van der Waals surface area contributed by atoms with E-state index in [9.17, 15) is 22.0 Å². The first kappa shape index (κ1) is 17.3. The lowest BCUT2D eigenvalue weighted by Crippen LogP contribution is -2.44. The molecule has 1 aliphatic rings. The highest BCUT2D eigenvalue weighted by Crippen LogP contribution is 2.40. The van der Waals surface area contributed by atoms with Gasteiger partial charge in [0.2, 0.25) is 10.0 Å². The molecule has 0 amide bonds. The van der Waals surface area contributed by atoms with Gasteiger partial charge in [-0.3, -0.25) is 4.79 Å². The van der Waals surface area contributed by atoms with Gasteiger partial charge in [0.25, 0.3) is 5.92 Å². The Balaban J connectivity index is 2.70. The van der Waals surface area contributed by atoms with Crippen LogP contribution in [-0.2, 0) is 14.8 Å². The second-order valence-corrected chi connectivity index (χ2v) is 7.57. The van der Waals surface area contributed by atoms with Crippen molar-refractivity contribution in [2.45, 2.75) is 51.5 Å². The number of halogens is 2. The van der Waals surface area contributed by atoms with Gasteiger partial charge in [-0.2, -0.15) is 0 Å². The van der Waals surface area contributed by atoms with Crippen molar-refractivity contribution in [3.8, 4) is 0 Å². The summed E-state index contributed by atoms with van der Waals surface area (Å²) in [5.74, 6) is -6.24. The fourth-order valence-electron chi connectivity index (χ4n) is 2.41. The summed E-state index contributed by atoms with van der Waals surface area (Å²) < 4.78 is 52.6. The molecule has 1 rings (SSSR count). The fourth-order valence-corrected chi connectivity index (χ4v) is 4.07. The van der Waals surface area contributed by atoms with E-state index < -0.39 is 39.6 Å². The van der Waals surface area contributed by atoms with Gasteiger partial charge in [-0.1, -0.05) is 13.8 Å². The lowest BCUT2D eigenvalue weighted by atomic mass is 10.1. The Morgan fingerprint density at radius 3 is 2.45 bits per heavy atom. The Kier molecular flexibility index (Phi) is 5.48.